The van der Waals surface area contributed by atoms with E-state index in [1.807, 2.05) is 0 Å². The van der Waals surface area contributed by atoms with E-state index in [9.17, 15) is 18.0 Å². The summed E-state index contributed by atoms with van der Waals surface area (Å²) in [5.74, 6) is -0.382. The number of anilines is 2. The summed E-state index contributed by atoms with van der Waals surface area (Å²) < 4.78 is 43.0. The zero-order chi connectivity index (χ0) is 16.3. The van der Waals surface area contributed by atoms with E-state index < -0.39 is 17.6 Å². The minimum Gasteiger partial charge on any atom is -0.495 e. The molecule has 0 aliphatic carbocycles. The monoisotopic (exact) mass is 315 g/mol. The van der Waals surface area contributed by atoms with Gasteiger partial charge in [0.25, 0.3) is 0 Å². The Hall–Kier alpha value is -2.78. The number of methoxy groups -OCH3 is 1. The zero-order valence-electron chi connectivity index (χ0n) is 11.4. The molecule has 1 amide bonds. The van der Waals surface area contributed by atoms with Gasteiger partial charge in [-0.3, -0.25) is 4.79 Å². The maximum atomic E-state index is 12.7. The van der Waals surface area contributed by atoms with Gasteiger partial charge in [-0.05, 0) is 18.2 Å². The molecule has 3 N–H and O–H groups in total. The molecule has 0 saturated carbocycles. The Morgan fingerprint density at radius 2 is 2.18 bits per heavy atom. The van der Waals surface area contributed by atoms with Crippen molar-refractivity contribution in [2.24, 2.45) is 0 Å². The highest BCUT2D eigenvalue weighted by Gasteiger charge is 2.31. The van der Waals surface area contributed by atoms with Gasteiger partial charge in [0.2, 0.25) is 5.91 Å². The third-order valence-corrected chi connectivity index (χ3v) is 2.64. The second-order valence-corrected chi connectivity index (χ2v) is 4.26. The molecule has 1 aromatic carbocycles. The molecule has 10 heteroatoms. The normalized spacial score (nSPS) is 11.3. The number of amides is 1. The van der Waals surface area contributed by atoms with E-state index in [1.165, 1.54) is 13.3 Å². The number of hydrogen-bond donors (Lipinski definition) is 2. The maximum absolute atomic E-state index is 12.7. The lowest BCUT2D eigenvalue weighted by molar-refractivity contribution is -0.137. The van der Waals surface area contributed by atoms with Gasteiger partial charge in [-0.1, -0.05) is 0 Å². The lowest BCUT2D eigenvalue weighted by Crippen LogP contribution is -2.21. The number of nitrogens with two attached hydrogens (primary N) is 1. The van der Waals surface area contributed by atoms with Crippen LogP contribution < -0.4 is 15.8 Å². The zero-order valence-corrected chi connectivity index (χ0v) is 11.4. The first-order chi connectivity index (χ1) is 10.3. The second-order valence-electron chi connectivity index (χ2n) is 4.26. The largest absolute Gasteiger partial charge is 0.495 e. The highest BCUT2D eigenvalue weighted by Crippen LogP contribution is 2.34. The predicted octanol–water partition coefficient (Wildman–Crippen LogP) is 1.53. The number of aromatic nitrogens is 3. The number of ether oxygens (including phenoxy) is 1. The quantitative estimate of drug-likeness (QED) is 0.892. The van der Waals surface area contributed by atoms with Crippen molar-refractivity contribution in [2.75, 3.05) is 18.2 Å². The number of nitrogen functional groups attached to an aromatic ring is 1. The number of rotatable bonds is 4. The molecule has 2 rings (SSSR count). The van der Waals surface area contributed by atoms with E-state index in [0.29, 0.717) is 0 Å². The first-order valence-corrected chi connectivity index (χ1v) is 6.00. The Kier molecular flexibility index (Phi) is 4.20. The molecule has 7 nitrogen and oxygen atoms in total. The van der Waals surface area contributed by atoms with Crippen LogP contribution in [0.2, 0.25) is 0 Å². The van der Waals surface area contributed by atoms with Gasteiger partial charge in [0, 0.05) is 0 Å². The SMILES string of the molecule is COc1ccc(C(F)(F)F)cc1NC(=O)Cn1ncc(N)n1. The van der Waals surface area contributed by atoms with Crippen LogP contribution in [0.4, 0.5) is 24.7 Å². The highest BCUT2D eigenvalue weighted by atomic mass is 19.4. The van der Waals surface area contributed by atoms with Crippen LogP contribution in [0, 0.1) is 0 Å². The summed E-state index contributed by atoms with van der Waals surface area (Å²) in [5.41, 5.74) is 4.36. The van der Waals surface area contributed by atoms with Gasteiger partial charge in [-0.15, -0.1) is 5.10 Å². The van der Waals surface area contributed by atoms with Gasteiger partial charge in [0.15, 0.2) is 5.82 Å². The number of alkyl halides is 3. The van der Waals surface area contributed by atoms with Crippen LogP contribution in [0.3, 0.4) is 0 Å². The molecule has 0 aliphatic heterocycles. The third-order valence-electron chi connectivity index (χ3n) is 2.64. The summed E-state index contributed by atoms with van der Waals surface area (Å²) in [4.78, 5) is 12.8. The van der Waals surface area contributed by atoms with Crippen LogP contribution in [0.15, 0.2) is 24.4 Å². The van der Waals surface area contributed by atoms with Crippen molar-refractivity contribution in [1.82, 2.24) is 15.0 Å². The van der Waals surface area contributed by atoms with Crippen LogP contribution in [0.5, 0.6) is 5.75 Å². The van der Waals surface area contributed by atoms with E-state index in [0.717, 1.165) is 23.0 Å². The van der Waals surface area contributed by atoms with Crippen LogP contribution in [0.1, 0.15) is 5.56 Å². The fraction of sp³-hybridized carbons (Fsp3) is 0.250. The van der Waals surface area contributed by atoms with Gasteiger partial charge in [0.05, 0.1) is 24.6 Å². The Morgan fingerprint density at radius 3 is 2.73 bits per heavy atom. The lowest BCUT2D eigenvalue weighted by atomic mass is 10.1. The van der Waals surface area contributed by atoms with Gasteiger partial charge < -0.3 is 15.8 Å². The van der Waals surface area contributed by atoms with Gasteiger partial charge >= 0.3 is 6.18 Å². The average Bonchev–Trinajstić information content (AvgIpc) is 2.82. The van der Waals surface area contributed by atoms with Crippen LogP contribution in [0.25, 0.3) is 0 Å². The number of hydrogen-bond acceptors (Lipinski definition) is 5. The van der Waals surface area contributed by atoms with Crippen molar-refractivity contribution in [1.29, 1.82) is 0 Å². The molecule has 0 atom stereocenters. The van der Waals surface area contributed by atoms with Crippen LogP contribution >= 0.6 is 0 Å². The Labute approximate surface area is 122 Å². The molecule has 0 radical (unpaired) electrons. The predicted molar refractivity (Wildman–Crippen MR) is 71.1 cm³/mol. The summed E-state index contributed by atoms with van der Waals surface area (Å²) in [6.45, 7) is -0.295. The number of nitrogens with zero attached hydrogens (tertiary/aromatic N) is 3. The molecular weight excluding hydrogens is 303 g/mol. The standard InChI is InChI=1S/C12H12F3N5O2/c1-22-9-3-2-7(12(13,14)15)4-8(9)18-11(21)6-20-17-5-10(16)19-20/h2-5H,6H2,1H3,(H2,16,19)(H,18,21). The van der Waals surface area contributed by atoms with Gasteiger partial charge in [-0.25, -0.2) is 0 Å². The summed E-state index contributed by atoms with van der Waals surface area (Å²) in [5, 5.41) is 9.73. The molecule has 0 fully saturated rings. The smallest absolute Gasteiger partial charge is 0.416 e. The number of carbonyl (C=O) groups is 1. The van der Waals surface area contributed by atoms with Crippen molar-refractivity contribution in [3.8, 4) is 5.75 Å². The number of halogens is 3. The van der Waals surface area contributed by atoms with Crippen molar-refractivity contribution >= 4 is 17.4 Å². The van der Waals surface area contributed by atoms with Crippen LogP contribution in [-0.2, 0) is 17.5 Å². The highest BCUT2D eigenvalue weighted by molar-refractivity contribution is 5.92. The molecule has 118 valence electrons. The van der Waals surface area contributed by atoms with Crippen molar-refractivity contribution in [3.63, 3.8) is 0 Å². The molecule has 1 aromatic heterocycles. The Morgan fingerprint density at radius 1 is 1.45 bits per heavy atom. The first-order valence-electron chi connectivity index (χ1n) is 6.00. The number of nitrogens with one attached hydrogen (secondary N) is 1. The number of benzene rings is 1. The Bertz CT molecular complexity index is 684. The molecule has 1 heterocycles. The topological polar surface area (TPSA) is 95.1 Å². The molecule has 2 aromatic rings. The summed E-state index contributed by atoms with van der Waals surface area (Å²) in [6, 6.07) is 2.79. The molecular formula is C12H12F3N5O2. The first kappa shape index (κ1) is 15.6. The van der Waals surface area contributed by atoms with Gasteiger partial charge in [0.1, 0.15) is 12.3 Å². The summed E-state index contributed by atoms with van der Waals surface area (Å²) in [6.07, 6.45) is -3.28. The second kappa shape index (κ2) is 5.92. The van der Waals surface area contributed by atoms with E-state index in [1.54, 1.807) is 0 Å². The Balaban J connectivity index is 2.18. The van der Waals surface area contributed by atoms with E-state index in [4.69, 9.17) is 10.5 Å². The van der Waals surface area contributed by atoms with Crippen molar-refractivity contribution in [3.05, 3.63) is 30.0 Å². The molecule has 0 aliphatic rings. The molecule has 0 unspecified atom stereocenters. The lowest BCUT2D eigenvalue weighted by Gasteiger charge is -2.13. The third kappa shape index (κ3) is 3.65. The molecule has 0 spiro atoms. The molecule has 0 bridgehead atoms. The molecule has 22 heavy (non-hydrogen) atoms. The minimum absolute atomic E-state index is 0.0950. The van der Waals surface area contributed by atoms with Gasteiger partial charge in [-0.2, -0.15) is 23.1 Å². The van der Waals surface area contributed by atoms with E-state index >= 15 is 0 Å². The number of carbonyl (C=O) groups excluding carboxylic acids is 1. The minimum atomic E-state index is -4.52. The average molecular weight is 315 g/mol. The fourth-order valence-electron chi connectivity index (χ4n) is 1.69. The fourth-order valence-corrected chi connectivity index (χ4v) is 1.69. The van der Waals surface area contributed by atoms with Crippen LogP contribution in [-0.4, -0.2) is 28.0 Å². The summed E-state index contributed by atoms with van der Waals surface area (Å²) >= 11 is 0. The van der Waals surface area contributed by atoms with E-state index in [-0.39, 0.29) is 23.8 Å². The van der Waals surface area contributed by atoms with Crippen molar-refractivity contribution in [2.45, 2.75) is 12.7 Å². The molecule has 0 saturated heterocycles. The van der Waals surface area contributed by atoms with Crippen molar-refractivity contribution < 1.29 is 22.7 Å². The van der Waals surface area contributed by atoms with E-state index in [2.05, 4.69) is 15.5 Å². The maximum Gasteiger partial charge on any atom is 0.416 e. The summed E-state index contributed by atoms with van der Waals surface area (Å²) in [7, 11) is 1.29.